The van der Waals surface area contributed by atoms with Gasteiger partial charge in [0.1, 0.15) is 0 Å². The zero-order chi connectivity index (χ0) is 9.36. The highest BCUT2D eigenvalue weighted by Gasteiger charge is 1.92. The first-order valence-electron chi connectivity index (χ1n) is 4.90. The van der Waals surface area contributed by atoms with Gasteiger partial charge in [0.25, 0.3) is 0 Å². The zero-order valence-corrected chi connectivity index (χ0v) is 9.02. The van der Waals surface area contributed by atoms with E-state index in [9.17, 15) is 0 Å². The van der Waals surface area contributed by atoms with Crippen LogP contribution in [0.1, 0.15) is 25.3 Å². The van der Waals surface area contributed by atoms with Crippen molar-refractivity contribution in [2.45, 2.75) is 26.2 Å². The summed E-state index contributed by atoms with van der Waals surface area (Å²) in [7, 11) is 0. The van der Waals surface area contributed by atoms with E-state index in [-0.39, 0.29) is 0 Å². The molecule has 0 aliphatic rings. The van der Waals surface area contributed by atoms with E-state index in [1.165, 1.54) is 36.3 Å². The number of hydrogen-bond donors (Lipinski definition) is 0. The van der Waals surface area contributed by atoms with Crippen LogP contribution in [0.3, 0.4) is 0 Å². The first kappa shape index (κ1) is 10.6. The largest absolute Gasteiger partial charge is 0.265 e. The van der Waals surface area contributed by atoms with Crippen molar-refractivity contribution in [1.29, 1.82) is 0 Å². The van der Waals surface area contributed by atoms with Gasteiger partial charge in [-0.1, -0.05) is 13.3 Å². The number of aryl methyl sites for hydroxylation is 1. The minimum Gasteiger partial charge on any atom is -0.265 e. The molecule has 0 atom stereocenters. The minimum atomic E-state index is 1.18. The van der Waals surface area contributed by atoms with Crippen LogP contribution in [0.2, 0.25) is 0 Å². The van der Waals surface area contributed by atoms with E-state index in [2.05, 4.69) is 35.8 Å². The Hall–Kier alpha value is -0.500. The Bertz CT molecular complexity index is 211. The molecule has 0 N–H and O–H groups in total. The van der Waals surface area contributed by atoms with Crippen LogP contribution in [0.15, 0.2) is 24.5 Å². The number of nitrogens with zero attached hydrogens (tertiary/aromatic N) is 1. The molecule has 0 bridgehead atoms. The maximum absolute atomic E-state index is 4.00. The number of hydrogen-bond acceptors (Lipinski definition) is 2. The second-order valence-corrected chi connectivity index (χ2v) is 4.30. The van der Waals surface area contributed by atoms with Crippen LogP contribution in [0.4, 0.5) is 0 Å². The molecule has 1 nitrogen and oxygen atoms in total. The van der Waals surface area contributed by atoms with E-state index >= 15 is 0 Å². The van der Waals surface area contributed by atoms with Crippen molar-refractivity contribution in [2.75, 3.05) is 11.5 Å². The standard InChI is InChI=1S/C11H17NS/c1-2-3-9-13-10-6-11-4-7-12-8-5-11/h4-5,7-8H,2-3,6,9-10H2,1H3. The monoisotopic (exact) mass is 195 g/mol. The third-order valence-corrected chi connectivity index (χ3v) is 3.00. The lowest BCUT2D eigenvalue weighted by atomic mass is 10.2. The molecule has 0 amide bonds. The van der Waals surface area contributed by atoms with Gasteiger partial charge in [-0.05, 0) is 42.0 Å². The van der Waals surface area contributed by atoms with Crippen LogP contribution in [0, 0.1) is 0 Å². The van der Waals surface area contributed by atoms with Gasteiger partial charge in [-0.25, -0.2) is 0 Å². The van der Waals surface area contributed by atoms with Gasteiger partial charge in [0, 0.05) is 12.4 Å². The molecule has 0 unspecified atom stereocenters. The molecule has 1 aromatic rings. The Morgan fingerprint density at radius 1 is 1.23 bits per heavy atom. The summed E-state index contributed by atoms with van der Waals surface area (Å²) in [6.07, 6.45) is 7.57. The van der Waals surface area contributed by atoms with E-state index in [0.29, 0.717) is 0 Å². The van der Waals surface area contributed by atoms with Crippen molar-refractivity contribution < 1.29 is 0 Å². The highest BCUT2D eigenvalue weighted by atomic mass is 32.2. The Morgan fingerprint density at radius 2 is 2.00 bits per heavy atom. The maximum atomic E-state index is 4.00. The van der Waals surface area contributed by atoms with Crippen LogP contribution in [-0.4, -0.2) is 16.5 Å². The van der Waals surface area contributed by atoms with Gasteiger partial charge in [0.05, 0.1) is 0 Å². The van der Waals surface area contributed by atoms with Crippen molar-refractivity contribution in [3.05, 3.63) is 30.1 Å². The summed E-state index contributed by atoms with van der Waals surface area (Å²) in [6.45, 7) is 2.24. The molecule has 0 spiro atoms. The number of aromatic nitrogens is 1. The molecule has 0 aliphatic carbocycles. The summed E-state index contributed by atoms with van der Waals surface area (Å²) in [5.41, 5.74) is 1.40. The summed E-state index contributed by atoms with van der Waals surface area (Å²) < 4.78 is 0. The van der Waals surface area contributed by atoms with Crippen LogP contribution in [0.25, 0.3) is 0 Å². The molecule has 0 aliphatic heterocycles. The SMILES string of the molecule is CCCCSCCc1ccncc1. The summed E-state index contributed by atoms with van der Waals surface area (Å²) >= 11 is 2.05. The van der Waals surface area contributed by atoms with E-state index in [4.69, 9.17) is 0 Å². The molecule has 13 heavy (non-hydrogen) atoms. The van der Waals surface area contributed by atoms with Gasteiger partial charge in [-0.15, -0.1) is 0 Å². The fraction of sp³-hybridized carbons (Fsp3) is 0.545. The smallest absolute Gasteiger partial charge is 0.0270 e. The van der Waals surface area contributed by atoms with Gasteiger partial charge in [-0.2, -0.15) is 11.8 Å². The zero-order valence-electron chi connectivity index (χ0n) is 8.20. The molecule has 1 heterocycles. The predicted molar refractivity (Wildman–Crippen MR) is 60.2 cm³/mol. The van der Waals surface area contributed by atoms with Gasteiger partial charge in [-0.3, -0.25) is 4.98 Å². The Balaban J connectivity index is 2.07. The van der Waals surface area contributed by atoms with Crippen molar-refractivity contribution in [1.82, 2.24) is 4.98 Å². The average molecular weight is 195 g/mol. The number of unbranched alkanes of at least 4 members (excludes halogenated alkanes) is 1. The van der Waals surface area contributed by atoms with Gasteiger partial charge in [0.15, 0.2) is 0 Å². The molecule has 0 aromatic carbocycles. The number of thioether (sulfide) groups is 1. The van der Waals surface area contributed by atoms with Crippen LogP contribution >= 0.6 is 11.8 Å². The molecule has 0 saturated heterocycles. The topological polar surface area (TPSA) is 12.9 Å². The van der Waals surface area contributed by atoms with Crippen molar-refractivity contribution >= 4 is 11.8 Å². The molecule has 0 radical (unpaired) electrons. The molecule has 1 aromatic heterocycles. The number of rotatable bonds is 6. The molecule has 0 fully saturated rings. The summed E-state index contributed by atoms with van der Waals surface area (Å²) in [6, 6.07) is 4.20. The van der Waals surface area contributed by atoms with Crippen molar-refractivity contribution in [3.63, 3.8) is 0 Å². The normalized spacial score (nSPS) is 10.2. The van der Waals surface area contributed by atoms with Gasteiger partial charge in [0.2, 0.25) is 0 Å². The maximum Gasteiger partial charge on any atom is 0.0270 e. The Labute approximate surface area is 85.0 Å². The highest BCUT2D eigenvalue weighted by Crippen LogP contribution is 2.08. The van der Waals surface area contributed by atoms with E-state index in [1.54, 1.807) is 0 Å². The van der Waals surface area contributed by atoms with Crippen molar-refractivity contribution in [2.24, 2.45) is 0 Å². The average Bonchev–Trinajstić information content (AvgIpc) is 2.19. The van der Waals surface area contributed by atoms with Crippen LogP contribution < -0.4 is 0 Å². The second kappa shape index (κ2) is 6.96. The van der Waals surface area contributed by atoms with Gasteiger partial charge >= 0.3 is 0 Å². The molecular formula is C11H17NS. The first-order valence-corrected chi connectivity index (χ1v) is 6.05. The van der Waals surface area contributed by atoms with E-state index in [1.807, 2.05) is 12.4 Å². The third-order valence-electron chi connectivity index (χ3n) is 1.93. The second-order valence-electron chi connectivity index (χ2n) is 3.07. The van der Waals surface area contributed by atoms with Crippen molar-refractivity contribution in [3.8, 4) is 0 Å². The fourth-order valence-corrected chi connectivity index (χ4v) is 2.16. The molecular weight excluding hydrogens is 178 g/mol. The van der Waals surface area contributed by atoms with E-state index < -0.39 is 0 Å². The fourth-order valence-electron chi connectivity index (χ4n) is 1.09. The molecule has 0 saturated carbocycles. The van der Waals surface area contributed by atoms with Crippen LogP contribution in [0.5, 0.6) is 0 Å². The third kappa shape index (κ3) is 4.94. The number of pyridine rings is 1. The summed E-state index contributed by atoms with van der Waals surface area (Å²) in [5.74, 6) is 2.55. The Morgan fingerprint density at radius 3 is 2.69 bits per heavy atom. The highest BCUT2D eigenvalue weighted by molar-refractivity contribution is 7.99. The lowest BCUT2D eigenvalue weighted by Crippen LogP contribution is -1.89. The predicted octanol–water partition coefficient (Wildman–Crippen LogP) is 3.16. The molecule has 72 valence electrons. The first-order chi connectivity index (χ1) is 6.43. The summed E-state index contributed by atoms with van der Waals surface area (Å²) in [5, 5.41) is 0. The minimum absolute atomic E-state index is 1.18. The van der Waals surface area contributed by atoms with Crippen LogP contribution in [-0.2, 0) is 6.42 Å². The molecule has 1 rings (SSSR count). The quantitative estimate of drug-likeness (QED) is 0.647. The lowest BCUT2D eigenvalue weighted by Gasteiger charge is -2.00. The van der Waals surface area contributed by atoms with Gasteiger partial charge < -0.3 is 0 Å². The van der Waals surface area contributed by atoms with E-state index in [0.717, 1.165) is 0 Å². The lowest BCUT2D eigenvalue weighted by molar-refractivity contribution is 0.895. The Kier molecular flexibility index (Phi) is 5.66. The summed E-state index contributed by atoms with van der Waals surface area (Å²) in [4.78, 5) is 4.00. The molecule has 2 heteroatoms.